The van der Waals surface area contributed by atoms with Crippen LogP contribution < -0.4 is 10.5 Å². The molecule has 0 radical (unpaired) electrons. The molecular weight excluding hydrogens is 316 g/mol. The number of nitrogens with zero attached hydrogens (tertiary/aromatic N) is 2. The summed E-state index contributed by atoms with van der Waals surface area (Å²) in [6.07, 6.45) is 3.56. The van der Waals surface area contributed by atoms with Crippen LogP contribution in [0.4, 0.5) is 5.69 Å². The number of nitrogen functional groups attached to an aromatic ring is 1. The van der Waals surface area contributed by atoms with Crippen molar-refractivity contribution in [2.75, 3.05) is 25.9 Å². The molecule has 0 aliphatic carbocycles. The van der Waals surface area contributed by atoms with Crippen molar-refractivity contribution in [3.8, 4) is 5.75 Å². The summed E-state index contributed by atoms with van der Waals surface area (Å²) >= 11 is 6.05. The number of nitrogens with one attached hydrogen (secondary N) is 1. The highest BCUT2D eigenvalue weighted by Crippen LogP contribution is 2.32. The molecule has 1 saturated heterocycles. The number of likely N-dealkylation sites (tertiary alicyclic amines) is 1. The Morgan fingerprint density at radius 3 is 2.78 bits per heavy atom. The van der Waals surface area contributed by atoms with E-state index in [4.69, 9.17) is 22.1 Å². The lowest BCUT2D eigenvalue weighted by Crippen LogP contribution is -2.38. The molecule has 1 aliphatic heterocycles. The molecule has 6 nitrogen and oxygen atoms in total. The Kier molecular flexibility index (Phi) is 4.43. The Bertz CT molecular complexity index is 694. The van der Waals surface area contributed by atoms with E-state index in [0.717, 1.165) is 18.5 Å². The largest absolute Gasteiger partial charge is 0.496 e. The predicted octanol–water partition coefficient (Wildman–Crippen LogP) is 2.67. The molecule has 1 amide bonds. The van der Waals surface area contributed by atoms with Gasteiger partial charge in [0.2, 0.25) is 0 Å². The number of methoxy groups -OCH3 is 1. The Labute approximate surface area is 139 Å². The molecule has 0 spiro atoms. The van der Waals surface area contributed by atoms with Crippen molar-refractivity contribution < 1.29 is 9.53 Å². The zero-order valence-electron chi connectivity index (χ0n) is 12.9. The number of carbonyl (C=O) groups excluding carboxylic acids is 1. The number of hydrogen-bond donors (Lipinski definition) is 2. The third-order valence-corrected chi connectivity index (χ3v) is 4.62. The number of hydrogen-bond acceptors (Lipinski definition) is 4. The van der Waals surface area contributed by atoms with Gasteiger partial charge >= 0.3 is 0 Å². The molecular formula is C16H19ClN4O2. The number of ether oxygens (including phenoxy) is 1. The van der Waals surface area contributed by atoms with Crippen LogP contribution in [0.1, 0.15) is 34.8 Å². The summed E-state index contributed by atoms with van der Waals surface area (Å²) in [6, 6.07) is 5.16. The maximum absolute atomic E-state index is 12.8. The SMILES string of the molecule is COc1cc(N)c(Cl)cc1C(=O)N1CCC(c2ccn[nH]2)CC1. The van der Waals surface area contributed by atoms with Crippen LogP contribution in [0.5, 0.6) is 5.75 Å². The fourth-order valence-electron chi connectivity index (χ4n) is 2.96. The summed E-state index contributed by atoms with van der Waals surface area (Å²) in [5.41, 5.74) is 7.75. The summed E-state index contributed by atoms with van der Waals surface area (Å²) in [6.45, 7) is 1.38. The Morgan fingerprint density at radius 2 is 2.17 bits per heavy atom. The van der Waals surface area contributed by atoms with Crippen molar-refractivity contribution in [1.29, 1.82) is 0 Å². The molecule has 1 aliphatic rings. The average Bonchev–Trinajstić information content (AvgIpc) is 3.11. The van der Waals surface area contributed by atoms with Gasteiger partial charge in [-0.25, -0.2) is 0 Å². The van der Waals surface area contributed by atoms with Gasteiger partial charge in [-0.3, -0.25) is 9.89 Å². The fraction of sp³-hybridized carbons (Fsp3) is 0.375. The zero-order valence-corrected chi connectivity index (χ0v) is 13.6. The molecule has 0 bridgehead atoms. The first-order chi connectivity index (χ1) is 11.1. The third-order valence-electron chi connectivity index (χ3n) is 4.29. The van der Waals surface area contributed by atoms with Crippen LogP contribution >= 0.6 is 11.6 Å². The number of benzene rings is 1. The van der Waals surface area contributed by atoms with Crippen LogP contribution in [-0.4, -0.2) is 41.2 Å². The second-order valence-corrected chi connectivity index (χ2v) is 6.06. The number of piperidine rings is 1. The maximum Gasteiger partial charge on any atom is 0.257 e. The third kappa shape index (κ3) is 3.12. The van der Waals surface area contributed by atoms with Crippen molar-refractivity contribution in [1.82, 2.24) is 15.1 Å². The van der Waals surface area contributed by atoms with Crippen molar-refractivity contribution >= 4 is 23.2 Å². The van der Waals surface area contributed by atoms with Crippen molar-refractivity contribution in [3.05, 3.63) is 40.7 Å². The normalized spacial score (nSPS) is 15.7. The van der Waals surface area contributed by atoms with Gasteiger partial charge in [-0.1, -0.05) is 11.6 Å². The quantitative estimate of drug-likeness (QED) is 0.845. The van der Waals surface area contributed by atoms with Crippen molar-refractivity contribution in [2.45, 2.75) is 18.8 Å². The minimum absolute atomic E-state index is 0.0770. The van der Waals surface area contributed by atoms with Crippen LogP contribution in [0.25, 0.3) is 0 Å². The van der Waals surface area contributed by atoms with Crippen LogP contribution in [0.2, 0.25) is 5.02 Å². The topological polar surface area (TPSA) is 84.2 Å². The summed E-state index contributed by atoms with van der Waals surface area (Å²) in [5, 5.41) is 7.36. The summed E-state index contributed by atoms with van der Waals surface area (Å²) in [4.78, 5) is 14.6. The molecule has 7 heteroatoms. The maximum atomic E-state index is 12.8. The molecule has 23 heavy (non-hydrogen) atoms. The molecule has 2 aromatic rings. The number of nitrogens with two attached hydrogens (primary N) is 1. The van der Waals surface area contributed by atoms with E-state index >= 15 is 0 Å². The van der Waals surface area contributed by atoms with Gasteiger partial charge in [-0.15, -0.1) is 0 Å². The van der Waals surface area contributed by atoms with Crippen LogP contribution in [0, 0.1) is 0 Å². The highest BCUT2D eigenvalue weighted by Gasteiger charge is 2.27. The Morgan fingerprint density at radius 1 is 1.43 bits per heavy atom. The number of amides is 1. The monoisotopic (exact) mass is 334 g/mol. The van der Waals surface area contributed by atoms with Crippen molar-refractivity contribution in [3.63, 3.8) is 0 Å². The minimum Gasteiger partial charge on any atom is -0.496 e. The van der Waals surface area contributed by atoms with Crippen molar-refractivity contribution in [2.24, 2.45) is 0 Å². The Hall–Kier alpha value is -2.21. The molecule has 1 fully saturated rings. The van der Waals surface area contributed by atoms with Gasteiger partial charge < -0.3 is 15.4 Å². The van der Waals surface area contributed by atoms with Gasteiger partial charge in [0.1, 0.15) is 5.75 Å². The lowest BCUT2D eigenvalue weighted by atomic mass is 9.93. The highest BCUT2D eigenvalue weighted by atomic mass is 35.5. The standard InChI is InChI=1S/C16H19ClN4O2/c1-23-15-9-13(18)12(17)8-11(15)16(22)21-6-3-10(4-7-21)14-2-5-19-20-14/h2,5,8-10H,3-4,6-7,18H2,1H3,(H,19,20). The molecule has 0 unspecified atom stereocenters. The van der Waals surface area contributed by atoms with E-state index in [1.165, 1.54) is 7.11 Å². The van der Waals surface area contributed by atoms with Gasteiger partial charge in [0, 0.05) is 37.0 Å². The molecule has 122 valence electrons. The second-order valence-electron chi connectivity index (χ2n) is 5.65. The predicted molar refractivity (Wildman–Crippen MR) is 88.9 cm³/mol. The number of rotatable bonds is 3. The summed E-state index contributed by atoms with van der Waals surface area (Å²) < 4.78 is 5.27. The Balaban J connectivity index is 1.74. The van der Waals surface area contributed by atoms with E-state index in [2.05, 4.69) is 10.2 Å². The van der Waals surface area contributed by atoms with Gasteiger partial charge in [-0.2, -0.15) is 5.10 Å². The number of aromatic amines is 1. The molecule has 0 saturated carbocycles. The van der Waals surface area contributed by atoms with E-state index < -0.39 is 0 Å². The highest BCUT2D eigenvalue weighted by molar-refractivity contribution is 6.33. The number of aromatic nitrogens is 2. The molecule has 1 aromatic carbocycles. The van der Waals surface area contributed by atoms with E-state index in [9.17, 15) is 4.79 Å². The van der Waals surface area contributed by atoms with Gasteiger partial charge in [0.05, 0.1) is 23.4 Å². The smallest absolute Gasteiger partial charge is 0.257 e. The van der Waals surface area contributed by atoms with Crippen LogP contribution in [-0.2, 0) is 0 Å². The van der Waals surface area contributed by atoms with Gasteiger partial charge in [-0.05, 0) is 25.0 Å². The molecule has 3 rings (SSSR count). The number of anilines is 1. The molecule has 1 aromatic heterocycles. The van der Waals surface area contributed by atoms with E-state index in [0.29, 0.717) is 41.0 Å². The fourth-order valence-corrected chi connectivity index (χ4v) is 3.13. The average molecular weight is 335 g/mol. The lowest BCUT2D eigenvalue weighted by molar-refractivity contribution is 0.0709. The van der Waals surface area contributed by atoms with E-state index in [1.54, 1.807) is 18.3 Å². The van der Waals surface area contributed by atoms with Gasteiger partial charge in [0.25, 0.3) is 5.91 Å². The first-order valence-corrected chi connectivity index (χ1v) is 7.89. The first kappa shape index (κ1) is 15.7. The molecule has 3 N–H and O–H groups in total. The summed E-state index contributed by atoms with van der Waals surface area (Å²) in [5.74, 6) is 0.790. The number of halogens is 1. The first-order valence-electron chi connectivity index (χ1n) is 7.51. The minimum atomic E-state index is -0.0770. The molecule has 2 heterocycles. The summed E-state index contributed by atoms with van der Waals surface area (Å²) in [7, 11) is 1.52. The molecule has 0 atom stereocenters. The second kappa shape index (κ2) is 6.50. The number of H-pyrrole nitrogens is 1. The van der Waals surface area contributed by atoms with Crippen LogP contribution in [0.3, 0.4) is 0 Å². The lowest BCUT2D eigenvalue weighted by Gasteiger charge is -2.32. The van der Waals surface area contributed by atoms with Gasteiger partial charge in [0.15, 0.2) is 0 Å². The van der Waals surface area contributed by atoms with E-state index in [-0.39, 0.29) is 5.91 Å². The number of carbonyl (C=O) groups is 1. The zero-order chi connectivity index (χ0) is 16.4. The van der Waals surface area contributed by atoms with Crippen LogP contribution in [0.15, 0.2) is 24.4 Å². The van der Waals surface area contributed by atoms with E-state index in [1.807, 2.05) is 11.0 Å².